The van der Waals surface area contributed by atoms with Crippen LogP contribution < -0.4 is 0 Å². The van der Waals surface area contributed by atoms with Gasteiger partial charge in [0.25, 0.3) is 0 Å². The van der Waals surface area contributed by atoms with Crippen LogP contribution in [0.5, 0.6) is 0 Å². The molecule has 8 heavy (non-hydrogen) atoms. The van der Waals surface area contributed by atoms with E-state index in [0.717, 1.165) is 6.32 Å². The third-order valence-corrected chi connectivity index (χ3v) is 0.870. The first-order chi connectivity index (χ1) is 3.68. The SMILES string of the molecule is BCCC(=O)C(C)=O. The van der Waals surface area contributed by atoms with Gasteiger partial charge in [0.15, 0.2) is 11.6 Å². The molecule has 0 rings (SSSR count). The Kier molecular flexibility index (Phi) is 3.16. The molecule has 0 aliphatic rings. The zero-order valence-corrected chi connectivity index (χ0v) is 5.23. The van der Waals surface area contributed by atoms with Gasteiger partial charge in [0.05, 0.1) is 0 Å². The molecule has 0 atom stereocenters. The molecule has 0 bridgehead atoms. The third kappa shape index (κ3) is 2.56. The van der Waals surface area contributed by atoms with E-state index in [1.807, 2.05) is 7.85 Å². The van der Waals surface area contributed by atoms with Crippen molar-refractivity contribution in [1.82, 2.24) is 0 Å². The number of hydrogen-bond acceptors (Lipinski definition) is 2. The van der Waals surface area contributed by atoms with Crippen molar-refractivity contribution in [2.75, 3.05) is 0 Å². The number of ketones is 2. The molecule has 0 saturated heterocycles. The van der Waals surface area contributed by atoms with Crippen molar-refractivity contribution in [3.63, 3.8) is 0 Å². The van der Waals surface area contributed by atoms with Crippen molar-refractivity contribution in [2.24, 2.45) is 0 Å². The number of hydrogen-bond donors (Lipinski definition) is 0. The second-order valence-corrected chi connectivity index (χ2v) is 1.73. The lowest BCUT2D eigenvalue weighted by Gasteiger charge is -1.86. The highest BCUT2D eigenvalue weighted by molar-refractivity contribution is 6.37. The lowest BCUT2D eigenvalue weighted by atomic mass is 9.99. The van der Waals surface area contributed by atoms with Crippen LogP contribution in [0.15, 0.2) is 0 Å². The maximum Gasteiger partial charge on any atom is 0.197 e. The third-order valence-electron chi connectivity index (χ3n) is 0.870. The van der Waals surface area contributed by atoms with Gasteiger partial charge >= 0.3 is 0 Å². The molecular weight excluding hydrogens is 103 g/mol. The van der Waals surface area contributed by atoms with Crippen LogP contribution >= 0.6 is 0 Å². The van der Waals surface area contributed by atoms with Gasteiger partial charge in [0.2, 0.25) is 0 Å². The summed E-state index contributed by atoms with van der Waals surface area (Å²) < 4.78 is 0. The van der Waals surface area contributed by atoms with E-state index in [0.29, 0.717) is 6.42 Å². The molecule has 2 nitrogen and oxygen atoms in total. The summed E-state index contributed by atoms with van der Waals surface area (Å²) in [4.78, 5) is 20.6. The molecular formula is C5H9BO2. The Morgan fingerprint density at radius 2 is 2.00 bits per heavy atom. The molecule has 0 radical (unpaired) electrons. The number of Topliss-reactive ketones (excluding diaryl/α,β-unsaturated/α-hetero) is 2. The van der Waals surface area contributed by atoms with Crippen LogP contribution in [-0.4, -0.2) is 19.4 Å². The highest BCUT2D eigenvalue weighted by atomic mass is 16.2. The predicted octanol–water partition coefficient (Wildman–Crippen LogP) is -0.414. The molecule has 0 aliphatic heterocycles. The molecule has 0 amide bonds. The summed E-state index contributed by atoms with van der Waals surface area (Å²) in [6.45, 7) is 1.30. The maximum atomic E-state index is 10.4. The quantitative estimate of drug-likeness (QED) is 0.367. The van der Waals surface area contributed by atoms with Crippen molar-refractivity contribution in [1.29, 1.82) is 0 Å². The smallest absolute Gasteiger partial charge is 0.197 e. The maximum absolute atomic E-state index is 10.4. The van der Waals surface area contributed by atoms with Crippen molar-refractivity contribution in [3.05, 3.63) is 0 Å². The van der Waals surface area contributed by atoms with E-state index in [9.17, 15) is 9.59 Å². The number of carbonyl (C=O) groups excluding carboxylic acids is 2. The summed E-state index contributed by atoms with van der Waals surface area (Å²) in [5.74, 6) is -0.584. The van der Waals surface area contributed by atoms with Gasteiger partial charge < -0.3 is 0 Å². The van der Waals surface area contributed by atoms with Gasteiger partial charge in [-0.3, -0.25) is 9.59 Å². The zero-order valence-electron chi connectivity index (χ0n) is 5.23. The summed E-state index contributed by atoms with van der Waals surface area (Å²) in [6.07, 6.45) is 1.16. The van der Waals surface area contributed by atoms with Crippen molar-refractivity contribution < 1.29 is 9.59 Å². The Balaban J connectivity index is 3.49. The molecule has 0 aromatic heterocycles. The first-order valence-electron chi connectivity index (χ1n) is 2.72. The summed E-state index contributed by atoms with van der Waals surface area (Å²) in [5.41, 5.74) is 0. The van der Waals surface area contributed by atoms with E-state index in [1.54, 1.807) is 0 Å². The summed E-state index contributed by atoms with van der Waals surface area (Å²) in [5, 5.41) is 0. The van der Waals surface area contributed by atoms with E-state index >= 15 is 0 Å². The number of carbonyl (C=O) groups is 2. The van der Waals surface area contributed by atoms with Crippen molar-refractivity contribution in [2.45, 2.75) is 19.7 Å². The van der Waals surface area contributed by atoms with Gasteiger partial charge in [0.1, 0.15) is 7.85 Å². The lowest BCUT2D eigenvalue weighted by molar-refractivity contribution is -0.135. The Morgan fingerprint density at radius 3 is 2.12 bits per heavy atom. The Morgan fingerprint density at radius 1 is 1.50 bits per heavy atom. The van der Waals surface area contributed by atoms with Crippen LogP contribution in [0.2, 0.25) is 6.32 Å². The molecule has 44 valence electrons. The normalized spacial score (nSPS) is 8.62. The fraction of sp³-hybridized carbons (Fsp3) is 0.600. The zero-order chi connectivity index (χ0) is 6.57. The molecule has 0 aromatic rings. The summed E-state index contributed by atoms with van der Waals surface area (Å²) >= 11 is 0. The van der Waals surface area contributed by atoms with Crippen LogP contribution in [0.25, 0.3) is 0 Å². The molecule has 3 heteroatoms. The van der Waals surface area contributed by atoms with Crippen LogP contribution in [0.1, 0.15) is 13.3 Å². The molecule has 0 aromatic carbocycles. The second-order valence-electron chi connectivity index (χ2n) is 1.73. The largest absolute Gasteiger partial charge is 0.291 e. The van der Waals surface area contributed by atoms with Crippen molar-refractivity contribution in [3.8, 4) is 0 Å². The summed E-state index contributed by atoms with van der Waals surface area (Å²) in [7, 11) is 1.88. The highest BCUT2D eigenvalue weighted by Gasteiger charge is 2.03. The van der Waals surface area contributed by atoms with E-state index in [2.05, 4.69) is 0 Å². The van der Waals surface area contributed by atoms with E-state index in [-0.39, 0.29) is 11.6 Å². The second kappa shape index (κ2) is 3.41. The van der Waals surface area contributed by atoms with E-state index in [1.165, 1.54) is 6.92 Å². The van der Waals surface area contributed by atoms with E-state index in [4.69, 9.17) is 0 Å². The summed E-state index contributed by atoms with van der Waals surface area (Å²) in [6, 6.07) is 0. The predicted molar refractivity (Wildman–Crippen MR) is 33.7 cm³/mol. The monoisotopic (exact) mass is 112 g/mol. The van der Waals surface area contributed by atoms with Crippen LogP contribution in [0.3, 0.4) is 0 Å². The molecule has 0 heterocycles. The molecule has 0 saturated carbocycles. The first kappa shape index (κ1) is 7.40. The van der Waals surface area contributed by atoms with Crippen molar-refractivity contribution >= 4 is 19.4 Å². The molecule has 0 fully saturated rings. The standard InChI is InChI=1S/C5H9BO2/c1-4(7)5(8)2-3-6/h2-3,6H2,1H3. The fourth-order valence-corrected chi connectivity index (χ4v) is 0.403. The number of rotatable bonds is 3. The van der Waals surface area contributed by atoms with Crippen LogP contribution in [0.4, 0.5) is 0 Å². The van der Waals surface area contributed by atoms with Gasteiger partial charge in [-0.15, -0.1) is 0 Å². The Bertz CT molecular complexity index is 109. The molecule has 0 unspecified atom stereocenters. The molecule has 0 aliphatic carbocycles. The van der Waals surface area contributed by atoms with Gasteiger partial charge in [-0.05, 0) is 0 Å². The molecule has 0 spiro atoms. The minimum absolute atomic E-state index is 0.257. The average molecular weight is 112 g/mol. The van der Waals surface area contributed by atoms with Crippen LogP contribution in [0, 0.1) is 0 Å². The van der Waals surface area contributed by atoms with E-state index < -0.39 is 0 Å². The lowest BCUT2D eigenvalue weighted by Crippen LogP contribution is -2.07. The first-order valence-corrected chi connectivity index (χ1v) is 2.72. The minimum Gasteiger partial charge on any atom is -0.291 e. The Labute approximate surface area is 49.7 Å². The van der Waals surface area contributed by atoms with Gasteiger partial charge in [-0.1, -0.05) is 6.32 Å². The molecule has 0 N–H and O–H groups in total. The highest BCUT2D eigenvalue weighted by Crippen LogP contribution is 1.87. The van der Waals surface area contributed by atoms with Gasteiger partial charge in [0, 0.05) is 13.3 Å². The minimum atomic E-state index is -0.327. The van der Waals surface area contributed by atoms with Gasteiger partial charge in [-0.2, -0.15) is 0 Å². The van der Waals surface area contributed by atoms with Crippen LogP contribution in [-0.2, 0) is 9.59 Å². The average Bonchev–Trinajstić information content (AvgIpc) is 1.67. The fourth-order valence-electron chi connectivity index (χ4n) is 0.403. The Hall–Kier alpha value is -0.595. The van der Waals surface area contributed by atoms with Gasteiger partial charge in [-0.25, -0.2) is 0 Å². The topological polar surface area (TPSA) is 34.1 Å².